The van der Waals surface area contributed by atoms with Crippen LogP contribution in [0.4, 0.5) is 4.79 Å². The fraction of sp³-hybridized carbons (Fsp3) is 0.300. The van der Waals surface area contributed by atoms with Crippen LogP contribution in [0.5, 0.6) is 11.5 Å². The lowest BCUT2D eigenvalue weighted by atomic mass is 10.1. The van der Waals surface area contributed by atoms with Crippen LogP contribution in [-0.4, -0.2) is 19.5 Å². The number of fused-ring (bicyclic) bond motifs is 1. The second kappa shape index (κ2) is 4.08. The molecule has 1 amide bonds. The topological polar surface area (TPSA) is 70.8 Å². The first-order valence-electron chi connectivity index (χ1n) is 4.56. The lowest BCUT2D eigenvalue weighted by Gasteiger charge is -2.03. The minimum absolute atomic E-state index is 0.260. The van der Waals surface area contributed by atoms with E-state index in [4.69, 9.17) is 15.2 Å². The van der Waals surface area contributed by atoms with Gasteiger partial charge in [0.2, 0.25) is 6.79 Å². The first-order chi connectivity index (χ1) is 7.25. The Balaban J connectivity index is 1.95. The van der Waals surface area contributed by atoms with E-state index in [0.717, 1.165) is 17.1 Å². The van der Waals surface area contributed by atoms with Crippen LogP contribution in [0, 0.1) is 0 Å². The van der Waals surface area contributed by atoms with Crippen molar-refractivity contribution in [3.05, 3.63) is 23.8 Å². The van der Waals surface area contributed by atoms with Crippen molar-refractivity contribution >= 4 is 6.09 Å². The Morgan fingerprint density at radius 2 is 2.20 bits per heavy atom. The van der Waals surface area contributed by atoms with E-state index in [-0.39, 0.29) is 13.4 Å². The molecule has 5 heteroatoms. The summed E-state index contributed by atoms with van der Waals surface area (Å²) in [5, 5.41) is 0. The van der Waals surface area contributed by atoms with Gasteiger partial charge in [-0.15, -0.1) is 0 Å². The van der Waals surface area contributed by atoms with Crippen molar-refractivity contribution in [1.82, 2.24) is 0 Å². The number of benzene rings is 1. The molecule has 0 fully saturated rings. The number of amides is 1. The lowest BCUT2D eigenvalue weighted by molar-refractivity contribution is 0.158. The van der Waals surface area contributed by atoms with E-state index in [0.29, 0.717) is 6.42 Å². The molecule has 0 bridgehead atoms. The minimum atomic E-state index is -0.754. The molecular formula is C10H11NO4. The van der Waals surface area contributed by atoms with Gasteiger partial charge in [0, 0.05) is 6.42 Å². The van der Waals surface area contributed by atoms with Crippen molar-refractivity contribution in [2.45, 2.75) is 6.42 Å². The van der Waals surface area contributed by atoms with Gasteiger partial charge < -0.3 is 19.9 Å². The summed E-state index contributed by atoms with van der Waals surface area (Å²) in [6, 6.07) is 5.60. The van der Waals surface area contributed by atoms with E-state index in [1.54, 1.807) is 0 Å². The van der Waals surface area contributed by atoms with Gasteiger partial charge in [-0.05, 0) is 17.7 Å². The number of nitrogens with two attached hydrogens (primary N) is 1. The van der Waals surface area contributed by atoms with Crippen molar-refractivity contribution in [2.75, 3.05) is 13.4 Å². The van der Waals surface area contributed by atoms with Gasteiger partial charge in [0.25, 0.3) is 0 Å². The fourth-order valence-corrected chi connectivity index (χ4v) is 1.37. The van der Waals surface area contributed by atoms with Crippen LogP contribution in [0.25, 0.3) is 0 Å². The Morgan fingerprint density at radius 3 is 3.00 bits per heavy atom. The molecule has 2 rings (SSSR count). The zero-order valence-electron chi connectivity index (χ0n) is 8.06. The third-order valence-electron chi connectivity index (χ3n) is 2.07. The number of carbonyl (C=O) groups excluding carboxylic acids is 1. The molecule has 0 saturated carbocycles. The first-order valence-corrected chi connectivity index (χ1v) is 4.56. The summed E-state index contributed by atoms with van der Waals surface area (Å²) < 4.78 is 15.0. The number of carbonyl (C=O) groups is 1. The van der Waals surface area contributed by atoms with E-state index in [1.165, 1.54) is 0 Å². The van der Waals surface area contributed by atoms with Crippen LogP contribution in [-0.2, 0) is 11.2 Å². The summed E-state index contributed by atoms with van der Waals surface area (Å²) >= 11 is 0. The van der Waals surface area contributed by atoms with Gasteiger partial charge in [0.1, 0.15) is 0 Å². The molecule has 1 aliphatic rings. The highest BCUT2D eigenvalue weighted by Gasteiger charge is 2.12. The number of hydrogen-bond donors (Lipinski definition) is 1. The second-order valence-electron chi connectivity index (χ2n) is 3.11. The van der Waals surface area contributed by atoms with Crippen molar-refractivity contribution < 1.29 is 19.0 Å². The lowest BCUT2D eigenvalue weighted by Crippen LogP contribution is -2.14. The van der Waals surface area contributed by atoms with Crippen molar-refractivity contribution in [3.8, 4) is 11.5 Å². The summed E-state index contributed by atoms with van der Waals surface area (Å²) in [6.45, 7) is 0.533. The largest absolute Gasteiger partial charge is 0.454 e. The summed E-state index contributed by atoms with van der Waals surface area (Å²) in [5.41, 5.74) is 5.86. The standard InChI is InChI=1S/C10H11NO4/c11-10(12)13-4-3-7-1-2-8-9(5-7)15-6-14-8/h1-2,5H,3-4,6H2,(H2,11,12). The van der Waals surface area contributed by atoms with Gasteiger partial charge in [-0.25, -0.2) is 4.79 Å². The molecule has 0 atom stereocenters. The Bertz CT molecular complexity index is 378. The maximum absolute atomic E-state index is 10.3. The molecule has 2 N–H and O–H groups in total. The van der Waals surface area contributed by atoms with Crippen molar-refractivity contribution in [2.24, 2.45) is 5.73 Å². The number of hydrogen-bond acceptors (Lipinski definition) is 4. The van der Waals surface area contributed by atoms with Gasteiger partial charge >= 0.3 is 6.09 Å². The molecule has 1 aromatic rings. The first kappa shape index (κ1) is 9.64. The maximum atomic E-state index is 10.3. The molecular weight excluding hydrogens is 198 g/mol. The van der Waals surface area contributed by atoms with Crippen LogP contribution in [0.2, 0.25) is 0 Å². The minimum Gasteiger partial charge on any atom is -0.454 e. The molecule has 0 saturated heterocycles. The summed E-state index contributed by atoms with van der Waals surface area (Å²) in [7, 11) is 0. The van der Waals surface area contributed by atoms with Crippen LogP contribution in [0.1, 0.15) is 5.56 Å². The van der Waals surface area contributed by atoms with E-state index in [2.05, 4.69) is 4.74 Å². The monoisotopic (exact) mass is 209 g/mol. The summed E-state index contributed by atoms with van der Waals surface area (Å²) in [5.74, 6) is 1.47. The quantitative estimate of drug-likeness (QED) is 0.807. The highest BCUT2D eigenvalue weighted by atomic mass is 16.7. The van der Waals surface area contributed by atoms with Crippen LogP contribution in [0.3, 0.4) is 0 Å². The smallest absolute Gasteiger partial charge is 0.404 e. The van der Waals surface area contributed by atoms with Crippen LogP contribution in [0.15, 0.2) is 18.2 Å². The fourth-order valence-electron chi connectivity index (χ4n) is 1.37. The number of rotatable bonds is 3. The SMILES string of the molecule is NC(=O)OCCc1ccc2c(c1)OCO2. The maximum Gasteiger partial charge on any atom is 0.404 e. The molecule has 80 valence electrons. The molecule has 0 radical (unpaired) electrons. The van der Waals surface area contributed by atoms with Gasteiger partial charge in [0.15, 0.2) is 11.5 Å². The van der Waals surface area contributed by atoms with Crippen molar-refractivity contribution in [1.29, 1.82) is 0 Å². The molecule has 0 aromatic heterocycles. The third-order valence-corrected chi connectivity index (χ3v) is 2.07. The molecule has 0 spiro atoms. The average molecular weight is 209 g/mol. The second-order valence-corrected chi connectivity index (χ2v) is 3.11. The van der Waals surface area contributed by atoms with E-state index in [9.17, 15) is 4.79 Å². The number of ether oxygens (including phenoxy) is 3. The Morgan fingerprint density at radius 1 is 1.40 bits per heavy atom. The Hall–Kier alpha value is -1.91. The van der Waals surface area contributed by atoms with Crippen molar-refractivity contribution in [3.63, 3.8) is 0 Å². The van der Waals surface area contributed by atoms with Gasteiger partial charge in [-0.2, -0.15) is 0 Å². The zero-order valence-corrected chi connectivity index (χ0v) is 8.06. The average Bonchev–Trinajstić information content (AvgIpc) is 2.64. The van der Waals surface area contributed by atoms with Gasteiger partial charge in [0.05, 0.1) is 6.61 Å². The molecule has 5 nitrogen and oxygen atoms in total. The third kappa shape index (κ3) is 2.31. The predicted molar refractivity (Wildman–Crippen MR) is 51.8 cm³/mol. The Kier molecular flexibility index (Phi) is 2.62. The predicted octanol–water partition coefficient (Wildman–Crippen LogP) is 1.05. The molecule has 1 aromatic carbocycles. The van der Waals surface area contributed by atoms with E-state index in [1.807, 2.05) is 18.2 Å². The van der Waals surface area contributed by atoms with E-state index < -0.39 is 6.09 Å². The zero-order chi connectivity index (χ0) is 10.7. The Labute approximate surface area is 86.7 Å². The number of primary amides is 1. The highest BCUT2D eigenvalue weighted by molar-refractivity contribution is 5.64. The van der Waals surface area contributed by atoms with E-state index >= 15 is 0 Å². The van der Waals surface area contributed by atoms with Gasteiger partial charge in [-0.1, -0.05) is 6.07 Å². The van der Waals surface area contributed by atoms with Crippen LogP contribution >= 0.6 is 0 Å². The molecule has 1 aliphatic heterocycles. The molecule has 1 heterocycles. The highest BCUT2D eigenvalue weighted by Crippen LogP contribution is 2.32. The summed E-state index contributed by atoms with van der Waals surface area (Å²) in [4.78, 5) is 10.3. The normalized spacial score (nSPS) is 12.5. The molecule has 0 aliphatic carbocycles. The molecule has 0 unspecified atom stereocenters. The summed E-state index contributed by atoms with van der Waals surface area (Å²) in [6.07, 6.45) is -0.143. The van der Waals surface area contributed by atoms with Crippen LogP contribution < -0.4 is 15.2 Å². The van der Waals surface area contributed by atoms with Gasteiger partial charge in [-0.3, -0.25) is 0 Å². The molecule has 15 heavy (non-hydrogen) atoms.